The van der Waals surface area contributed by atoms with Gasteiger partial charge >= 0.3 is 0 Å². The lowest BCUT2D eigenvalue weighted by Gasteiger charge is -2.10. The Balaban J connectivity index is 1.62. The Morgan fingerprint density at radius 1 is 1.10 bits per heavy atom. The molecule has 0 saturated heterocycles. The maximum Gasteiger partial charge on any atom is 0.192 e. The molecule has 7 nitrogen and oxygen atoms in total. The largest absolute Gasteiger partial charge is 0.497 e. The molecule has 31 heavy (non-hydrogen) atoms. The van der Waals surface area contributed by atoms with Crippen molar-refractivity contribution >= 4 is 17.5 Å². The number of rotatable bonds is 8. The third-order valence-corrected chi connectivity index (χ3v) is 6.38. The van der Waals surface area contributed by atoms with Gasteiger partial charge in [0.25, 0.3) is 0 Å². The zero-order chi connectivity index (χ0) is 22.0. The van der Waals surface area contributed by atoms with Crippen LogP contribution in [0, 0.1) is 0 Å². The molecule has 0 bridgehead atoms. The maximum atomic E-state index is 13.1. The van der Waals surface area contributed by atoms with Crippen LogP contribution < -0.4 is 14.2 Å². The molecule has 0 saturated carbocycles. The van der Waals surface area contributed by atoms with E-state index in [9.17, 15) is 4.79 Å². The summed E-state index contributed by atoms with van der Waals surface area (Å²) in [6, 6.07) is 11.3. The predicted octanol–water partition coefficient (Wildman–Crippen LogP) is 4.06. The number of nitrogens with zero attached hydrogens (tertiary/aromatic N) is 3. The van der Waals surface area contributed by atoms with Gasteiger partial charge in [0.15, 0.2) is 28.3 Å². The summed E-state index contributed by atoms with van der Waals surface area (Å²) in [5, 5.41) is 9.15. The molecule has 1 aromatic heterocycles. The minimum Gasteiger partial charge on any atom is -0.497 e. The van der Waals surface area contributed by atoms with Gasteiger partial charge in [-0.3, -0.25) is 9.36 Å². The first-order valence-electron chi connectivity index (χ1n) is 9.73. The standard InChI is InChI=1S/C23H23N3O4S/c1-5-10-26-22(14-6-8-16(28-2)9-7-14)24-25-23(26)31-20-12-15-11-18(29-3)19(30-4)13-17(15)21(20)27/h5-9,11,13,20H,1,10,12H2,2-4H3/t20-/m1/s1. The van der Waals surface area contributed by atoms with Gasteiger partial charge in [0.2, 0.25) is 0 Å². The molecule has 0 fully saturated rings. The molecule has 0 aliphatic heterocycles. The number of aromatic nitrogens is 3. The fourth-order valence-electron chi connectivity index (χ4n) is 3.63. The SMILES string of the molecule is C=CCn1c(S[C@@H]2Cc3cc(OC)c(OC)cc3C2=O)nnc1-c1ccc(OC)cc1. The molecule has 0 amide bonds. The molecule has 160 valence electrons. The Bertz CT molecular complexity index is 1120. The van der Waals surface area contributed by atoms with Crippen molar-refractivity contribution in [3.05, 3.63) is 60.2 Å². The number of carbonyl (C=O) groups excluding carboxylic acids is 1. The Hall–Kier alpha value is -3.26. The van der Waals surface area contributed by atoms with Gasteiger partial charge in [0, 0.05) is 17.7 Å². The number of ether oxygens (including phenoxy) is 3. The molecule has 4 rings (SSSR count). The smallest absolute Gasteiger partial charge is 0.192 e. The highest BCUT2D eigenvalue weighted by molar-refractivity contribution is 8.00. The Labute approximate surface area is 185 Å². The van der Waals surface area contributed by atoms with E-state index in [1.807, 2.05) is 34.9 Å². The van der Waals surface area contributed by atoms with Crippen LogP contribution in [-0.2, 0) is 13.0 Å². The third-order valence-electron chi connectivity index (χ3n) is 5.20. The van der Waals surface area contributed by atoms with Crippen molar-refractivity contribution in [1.82, 2.24) is 14.8 Å². The minimum absolute atomic E-state index is 0.0557. The first kappa shape index (κ1) is 21.0. The van der Waals surface area contributed by atoms with E-state index in [1.165, 1.54) is 11.8 Å². The first-order chi connectivity index (χ1) is 15.1. The van der Waals surface area contributed by atoms with Crippen molar-refractivity contribution in [3.63, 3.8) is 0 Å². The topological polar surface area (TPSA) is 75.5 Å². The van der Waals surface area contributed by atoms with Crippen LogP contribution in [0.2, 0.25) is 0 Å². The molecule has 3 aromatic rings. The highest BCUT2D eigenvalue weighted by atomic mass is 32.2. The second-order valence-electron chi connectivity index (χ2n) is 6.97. The van der Waals surface area contributed by atoms with Gasteiger partial charge in [-0.2, -0.15) is 0 Å². The second kappa shape index (κ2) is 8.85. The van der Waals surface area contributed by atoms with Crippen LogP contribution in [-0.4, -0.2) is 47.1 Å². The van der Waals surface area contributed by atoms with Gasteiger partial charge < -0.3 is 14.2 Å². The van der Waals surface area contributed by atoms with E-state index in [1.54, 1.807) is 33.5 Å². The number of hydrogen-bond acceptors (Lipinski definition) is 7. The summed E-state index contributed by atoms with van der Waals surface area (Å²) in [7, 11) is 4.78. The van der Waals surface area contributed by atoms with Crippen LogP contribution in [0.1, 0.15) is 15.9 Å². The molecule has 1 aliphatic carbocycles. The number of benzene rings is 2. The summed E-state index contributed by atoms with van der Waals surface area (Å²) in [5.74, 6) is 2.72. The van der Waals surface area contributed by atoms with Crippen molar-refractivity contribution in [2.45, 2.75) is 23.4 Å². The molecule has 1 heterocycles. The van der Waals surface area contributed by atoms with E-state index >= 15 is 0 Å². The zero-order valence-electron chi connectivity index (χ0n) is 17.6. The van der Waals surface area contributed by atoms with Crippen LogP contribution in [0.3, 0.4) is 0 Å². The molecule has 1 aliphatic rings. The minimum atomic E-state index is -0.289. The predicted molar refractivity (Wildman–Crippen MR) is 119 cm³/mol. The first-order valence-corrected chi connectivity index (χ1v) is 10.6. The number of carbonyl (C=O) groups is 1. The van der Waals surface area contributed by atoms with Gasteiger partial charge in [-0.1, -0.05) is 17.8 Å². The fourth-order valence-corrected chi connectivity index (χ4v) is 4.76. The number of Topliss-reactive ketones (excluding diaryl/α,β-unsaturated/α-hetero) is 1. The summed E-state index contributed by atoms with van der Waals surface area (Å²) in [6.45, 7) is 4.39. The van der Waals surface area contributed by atoms with Crippen molar-refractivity contribution in [1.29, 1.82) is 0 Å². The van der Waals surface area contributed by atoms with Crippen LogP contribution in [0.5, 0.6) is 17.2 Å². The number of allylic oxidation sites excluding steroid dienone is 1. The Morgan fingerprint density at radius 2 is 1.81 bits per heavy atom. The molecule has 0 radical (unpaired) electrons. The van der Waals surface area contributed by atoms with E-state index in [0.29, 0.717) is 35.2 Å². The summed E-state index contributed by atoms with van der Waals surface area (Å²) in [4.78, 5) is 13.1. The fraction of sp³-hybridized carbons (Fsp3) is 0.261. The summed E-state index contributed by atoms with van der Waals surface area (Å²) < 4.78 is 17.9. The van der Waals surface area contributed by atoms with Gasteiger partial charge in [-0.25, -0.2) is 0 Å². The van der Waals surface area contributed by atoms with Crippen LogP contribution in [0.4, 0.5) is 0 Å². The average Bonchev–Trinajstić information content (AvgIpc) is 3.33. The highest BCUT2D eigenvalue weighted by Gasteiger charge is 2.34. The number of fused-ring (bicyclic) bond motifs is 1. The summed E-state index contributed by atoms with van der Waals surface area (Å²) in [5.41, 5.74) is 2.53. The second-order valence-corrected chi connectivity index (χ2v) is 8.14. The molecule has 0 N–H and O–H groups in total. The number of thioether (sulfide) groups is 1. The Morgan fingerprint density at radius 3 is 2.45 bits per heavy atom. The van der Waals surface area contributed by atoms with Crippen molar-refractivity contribution in [2.75, 3.05) is 21.3 Å². The van der Waals surface area contributed by atoms with Gasteiger partial charge in [-0.15, -0.1) is 16.8 Å². The zero-order valence-corrected chi connectivity index (χ0v) is 18.4. The summed E-state index contributed by atoms with van der Waals surface area (Å²) >= 11 is 1.42. The van der Waals surface area contributed by atoms with E-state index in [-0.39, 0.29) is 11.0 Å². The molecule has 0 spiro atoms. The lowest BCUT2D eigenvalue weighted by molar-refractivity contribution is 0.1000. The molecular formula is C23H23N3O4S. The van der Waals surface area contributed by atoms with E-state index in [0.717, 1.165) is 22.7 Å². The lowest BCUT2D eigenvalue weighted by atomic mass is 10.1. The molecule has 8 heteroatoms. The van der Waals surface area contributed by atoms with Crippen LogP contribution in [0.15, 0.2) is 54.2 Å². The van der Waals surface area contributed by atoms with Gasteiger partial charge in [-0.05, 0) is 48.4 Å². The van der Waals surface area contributed by atoms with E-state index in [2.05, 4.69) is 16.8 Å². The van der Waals surface area contributed by atoms with Gasteiger partial charge in [0.05, 0.1) is 26.6 Å². The number of hydrogen-bond donors (Lipinski definition) is 0. The van der Waals surface area contributed by atoms with Crippen LogP contribution in [0.25, 0.3) is 11.4 Å². The monoisotopic (exact) mass is 437 g/mol. The van der Waals surface area contributed by atoms with Crippen molar-refractivity contribution in [2.24, 2.45) is 0 Å². The third kappa shape index (κ3) is 3.90. The maximum absolute atomic E-state index is 13.1. The van der Waals surface area contributed by atoms with Crippen molar-refractivity contribution in [3.8, 4) is 28.6 Å². The molecule has 1 atom stereocenters. The lowest BCUT2D eigenvalue weighted by Crippen LogP contribution is -2.13. The van der Waals surface area contributed by atoms with E-state index in [4.69, 9.17) is 14.2 Å². The highest BCUT2D eigenvalue weighted by Crippen LogP contribution is 2.40. The molecule has 2 aromatic carbocycles. The Kier molecular flexibility index (Phi) is 5.99. The quantitative estimate of drug-likeness (QED) is 0.492. The van der Waals surface area contributed by atoms with E-state index < -0.39 is 0 Å². The van der Waals surface area contributed by atoms with Crippen molar-refractivity contribution < 1.29 is 19.0 Å². The molecular weight excluding hydrogens is 414 g/mol. The summed E-state index contributed by atoms with van der Waals surface area (Å²) in [6.07, 6.45) is 2.39. The number of ketones is 1. The van der Waals surface area contributed by atoms with Gasteiger partial charge in [0.1, 0.15) is 5.75 Å². The number of methoxy groups -OCH3 is 3. The molecule has 0 unspecified atom stereocenters. The average molecular weight is 438 g/mol. The normalized spacial score (nSPS) is 14.9. The van der Waals surface area contributed by atoms with Crippen LogP contribution >= 0.6 is 11.8 Å².